The molecule has 0 radical (unpaired) electrons. The minimum Gasteiger partial charge on any atom is -0.457 e. The molecule has 256 valence electrons. The van der Waals surface area contributed by atoms with Crippen molar-refractivity contribution in [2.75, 3.05) is 39.8 Å². The molecule has 1 aromatic heterocycles. The summed E-state index contributed by atoms with van der Waals surface area (Å²) in [6, 6.07) is 13.4. The Morgan fingerprint density at radius 1 is 1.02 bits per heavy atom. The Morgan fingerprint density at radius 3 is 2.40 bits per heavy atom. The molecule has 3 fully saturated rings. The van der Waals surface area contributed by atoms with Gasteiger partial charge in [0.05, 0.1) is 23.0 Å². The number of carbonyl (C=O) groups excluding carboxylic acids is 2. The van der Waals surface area contributed by atoms with Crippen LogP contribution in [0.15, 0.2) is 48.5 Å². The van der Waals surface area contributed by atoms with E-state index in [1.54, 1.807) is 17.0 Å². The highest BCUT2D eigenvalue weighted by atomic mass is 19.1. The lowest BCUT2D eigenvalue weighted by Crippen LogP contribution is -2.56. The van der Waals surface area contributed by atoms with Crippen molar-refractivity contribution >= 4 is 11.8 Å². The van der Waals surface area contributed by atoms with E-state index >= 15 is 8.78 Å². The second-order valence-corrected chi connectivity index (χ2v) is 14.1. The fourth-order valence-corrected chi connectivity index (χ4v) is 6.97. The number of nitrogens with zero attached hydrogens (tertiary/aromatic N) is 5. The van der Waals surface area contributed by atoms with Crippen molar-refractivity contribution < 1.29 is 23.1 Å². The summed E-state index contributed by atoms with van der Waals surface area (Å²) in [5.74, 6) is -0.237. The molecule has 2 amide bonds. The molecule has 0 aliphatic carbocycles. The van der Waals surface area contributed by atoms with E-state index in [1.165, 1.54) is 12.1 Å². The predicted molar refractivity (Wildman–Crippen MR) is 180 cm³/mol. The zero-order valence-corrected chi connectivity index (χ0v) is 28.3. The SMILES string of the molecule is CC1CC(=O)N(Cc2cc(F)c(C(=O)NC3CCN(C4CCN(C)CC4)CC3F)cc2Oc2ccc(-c3ccc(C(C)C)nn3)cc2)C1. The van der Waals surface area contributed by atoms with Crippen LogP contribution in [0, 0.1) is 11.7 Å². The number of piperidine rings is 2. The van der Waals surface area contributed by atoms with Crippen LogP contribution in [0.5, 0.6) is 11.5 Å². The Hall–Kier alpha value is -3.96. The van der Waals surface area contributed by atoms with Gasteiger partial charge in [-0.15, -0.1) is 0 Å². The summed E-state index contributed by atoms with van der Waals surface area (Å²) in [5, 5.41) is 11.4. The van der Waals surface area contributed by atoms with Crippen molar-refractivity contribution in [1.29, 1.82) is 0 Å². The van der Waals surface area contributed by atoms with Crippen LogP contribution >= 0.6 is 0 Å². The Labute approximate surface area is 281 Å². The number of benzene rings is 2. The summed E-state index contributed by atoms with van der Waals surface area (Å²) in [5.41, 5.74) is 2.70. The van der Waals surface area contributed by atoms with Crippen LogP contribution in [0.2, 0.25) is 0 Å². The summed E-state index contributed by atoms with van der Waals surface area (Å²) in [4.78, 5) is 32.2. The fraction of sp³-hybridized carbons (Fsp3) is 0.514. The standard InChI is InChI=1S/C37H46F2N6O3/c1-23(2)32-9-10-33(42-41-32)25-5-7-28(8-6-25)48-35-19-29(30(38)18-26(35)21-45-20-24(3)17-36(45)46)37(47)40-34-13-16-44(22-31(34)39)27-11-14-43(4)15-12-27/h5-10,18-19,23-24,27,31,34H,11-17,20-22H2,1-4H3,(H,40,47). The molecule has 3 aliphatic rings. The normalized spacial score (nSPS) is 22.8. The van der Waals surface area contributed by atoms with Gasteiger partial charge in [-0.2, -0.15) is 10.2 Å². The van der Waals surface area contributed by atoms with Gasteiger partial charge >= 0.3 is 0 Å². The summed E-state index contributed by atoms with van der Waals surface area (Å²) in [6.07, 6.45) is 1.64. The molecule has 0 bridgehead atoms. The lowest BCUT2D eigenvalue weighted by atomic mass is 9.96. The second-order valence-electron chi connectivity index (χ2n) is 14.1. The van der Waals surface area contributed by atoms with Gasteiger partial charge in [0.15, 0.2) is 0 Å². The molecule has 3 aliphatic heterocycles. The molecular formula is C37H46F2N6O3. The first-order valence-corrected chi connectivity index (χ1v) is 17.1. The van der Waals surface area contributed by atoms with Crippen LogP contribution in [-0.2, 0) is 11.3 Å². The molecule has 3 unspecified atom stereocenters. The van der Waals surface area contributed by atoms with Crippen molar-refractivity contribution in [1.82, 2.24) is 30.2 Å². The van der Waals surface area contributed by atoms with E-state index in [-0.39, 0.29) is 42.1 Å². The number of hydrogen-bond donors (Lipinski definition) is 1. The number of carbonyl (C=O) groups is 2. The van der Waals surface area contributed by atoms with E-state index in [2.05, 4.69) is 46.2 Å². The molecule has 4 heterocycles. The Bertz CT molecular complexity index is 1590. The highest BCUT2D eigenvalue weighted by Gasteiger charge is 2.35. The van der Waals surface area contributed by atoms with Crippen molar-refractivity contribution in [2.24, 2.45) is 5.92 Å². The number of ether oxygens (including phenoxy) is 1. The minimum atomic E-state index is -1.26. The minimum absolute atomic E-state index is 0.00907. The lowest BCUT2D eigenvalue weighted by molar-refractivity contribution is -0.128. The average molecular weight is 661 g/mol. The molecule has 2 aromatic carbocycles. The fourth-order valence-electron chi connectivity index (χ4n) is 6.97. The quantitative estimate of drug-likeness (QED) is 0.310. The van der Waals surface area contributed by atoms with Crippen LogP contribution in [0.3, 0.4) is 0 Å². The number of nitrogens with one attached hydrogen (secondary N) is 1. The van der Waals surface area contributed by atoms with Gasteiger partial charge < -0.3 is 19.9 Å². The Kier molecular flexibility index (Phi) is 10.4. The Balaban J connectivity index is 1.19. The van der Waals surface area contributed by atoms with Gasteiger partial charge in [0, 0.05) is 49.8 Å². The third-order valence-corrected chi connectivity index (χ3v) is 9.91. The topological polar surface area (TPSA) is 90.9 Å². The number of alkyl halides is 1. The largest absolute Gasteiger partial charge is 0.457 e. The maximum atomic E-state index is 15.6. The lowest BCUT2D eigenvalue weighted by Gasteiger charge is -2.42. The van der Waals surface area contributed by atoms with E-state index in [0.29, 0.717) is 43.3 Å². The molecule has 1 N–H and O–H groups in total. The van der Waals surface area contributed by atoms with Crippen LogP contribution in [0.1, 0.15) is 74.0 Å². The second kappa shape index (κ2) is 14.7. The smallest absolute Gasteiger partial charge is 0.254 e. The molecule has 3 saturated heterocycles. The van der Waals surface area contributed by atoms with Crippen molar-refractivity contribution in [3.8, 4) is 22.8 Å². The average Bonchev–Trinajstić information content (AvgIpc) is 3.39. The zero-order valence-electron chi connectivity index (χ0n) is 28.3. The number of halogens is 2. The first-order chi connectivity index (χ1) is 23.0. The van der Waals surface area contributed by atoms with Crippen LogP contribution < -0.4 is 10.1 Å². The van der Waals surface area contributed by atoms with Crippen LogP contribution in [-0.4, -0.2) is 94.7 Å². The number of likely N-dealkylation sites (tertiary alicyclic amines) is 3. The van der Waals surface area contributed by atoms with E-state index in [1.807, 2.05) is 31.2 Å². The molecule has 48 heavy (non-hydrogen) atoms. The van der Waals surface area contributed by atoms with E-state index in [9.17, 15) is 9.59 Å². The Morgan fingerprint density at radius 2 is 1.77 bits per heavy atom. The summed E-state index contributed by atoms with van der Waals surface area (Å²) in [7, 11) is 2.10. The molecular weight excluding hydrogens is 614 g/mol. The third-order valence-electron chi connectivity index (χ3n) is 9.91. The van der Waals surface area contributed by atoms with Crippen molar-refractivity contribution in [3.63, 3.8) is 0 Å². The van der Waals surface area contributed by atoms with Gasteiger partial charge in [0.2, 0.25) is 5.91 Å². The van der Waals surface area contributed by atoms with Crippen LogP contribution in [0.25, 0.3) is 11.3 Å². The van der Waals surface area contributed by atoms with Crippen molar-refractivity contribution in [2.45, 2.75) is 77.2 Å². The summed E-state index contributed by atoms with van der Waals surface area (Å²) in [6.45, 7) is 9.75. The predicted octanol–water partition coefficient (Wildman–Crippen LogP) is 5.80. The molecule has 3 atom stereocenters. The molecule has 0 spiro atoms. The van der Waals surface area contributed by atoms with Gasteiger partial charge in [-0.1, -0.05) is 20.8 Å². The highest BCUT2D eigenvalue weighted by molar-refractivity contribution is 5.95. The van der Waals surface area contributed by atoms with Gasteiger partial charge in [-0.25, -0.2) is 8.78 Å². The van der Waals surface area contributed by atoms with Gasteiger partial charge in [0.25, 0.3) is 5.91 Å². The number of aromatic nitrogens is 2. The van der Waals surface area contributed by atoms with E-state index in [4.69, 9.17) is 4.74 Å². The summed E-state index contributed by atoms with van der Waals surface area (Å²) >= 11 is 0. The number of hydrogen-bond acceptors (Lipinski definition) is 7. The highest BCUT2D eigenvalue weighted by Crippen LogP contribution is 2.33. The van der Waals surface area contributed by atoms with E-state index in [0.717, 1.165) is 42.9 Å². The maximum Gasteiger partial charge on any atom is 0.254 e. The summed E-state index contributed by atoms with van der Waals surface area (Å²) < 4.78 is 37.3. The van der Waals surface area contributed by atoms with E-state index < -0.39 is 23.9 Å². The molecule has 6 rings (SSSR count). The monoisotopic (exact) mass is 660 g/mol. The van der Waals surface area contributed by atoms with Gasteiger partial charge in [-0.05, 0) is 99.8 Å². The zero-order chi connectivity index (χ0) is 33.9. The van der Waals surface area contributed by atoms with Gasteiger partial charge in [0.1, 0.15) is 23.5 Å². The number of rotatable bonds is 9. The first kappa shape index (κ1) is 33.9. The number of amides is 2. The molecule has 11 heteroatoms. The molecule has 9 nitrogen and oxygen atoms in total. The van der Waals surface area contributed by atoms with Gasteiger partial charge in [-0.3, -0.25) is 14.5 Å². The van der Waals surface area contributed by atoms with Crippen molar-refractivity contribution in [3.05, 3.63) is 71.2 Å². The maximum absolute atomic E-state index is 15.6. The third kappa shape index (κ3) is 7.84. The van der Waals surface area contributed by atoms with Crippen LogP contribution in [0.4, 0.5) is 8.78 Å². The molecule has 0 saturated carbocycles. The first-order valence-electron chi connectivity index (χ1n) is 17.1. The molecule has 3 aromatic rings.